The molecule has 1 spiro atoms. The molecule has 0 aromatic carbocycles. The second-order valence-corrected chi connectivity index (χ2v) is 8.96. The summed E-state index contributed by atoms with van der Waals surface area (Å²) in [7, 11) is 0. The number of nitrogens with zero attached hydrogens (tertiary/aromatic N) is 1. The van der Waals surface area contributed by atoms with E-state index in [1.165, 1.54) is 25.7 Å². The zero-order chi connectivity index (χ0) is 18.0. The minimum absolute atomic E-state index is 0.110. The Morgan fingerprint density at radius 1 is 0.917 bits per heavy atom. The molecule has 0 aliphatic carbocycles. The highest BCUT2D eigenvalue weighted by Crippen LogP contribution is 2.42. The molecule has 0 atom stereocenters. The molecule has 0 radical (unpaired) electrons. The van der Waals surface area contributed by atoms with E-state index in [0.717, 1.165) is 12.8 Å². The molecule has 0 unspecified atom stereocenters. The molecule has 0 aromatic rings. The van der Waals surface area contributed by atoms with Crippen LogP contribution in [0.15, 0.2) is 0 Å². The molecule has 24 heavy (non-hydrogen) atoms. The molecule has 2 saturated heterocycles. The van der Waals surface area contributed by atoms with Crippen LogP contribution >= 0.6 is 0 Å². The lowest BCUT2D eigenvalue weighted by atomic mass is 9.70. The van der Waals surface area contributed by atoms with Crippen LogP contribution in [0.1, 0.15) is 86.0 Å². The van der Waals surface area contributed by atoms with Gasteiger partial charge in [-0.1, -0.05) is 39.0 Å². The first kappa shape index (κ1) is 19.2. The van der Waals surface area contributed by atoms with Gasteiger partial charge < -0.3 is 10.2 Å². The summed E-state index contributed by atoms with van der Waals surface area (Å²) in [6, 6.07) is -0.206. The third-order valence-corrected chi connectivity index (χ3v) is 5.29. The number of carbonyl (C=O) groups is 2. The van der Waals surface area contributed by atoms with E-state index < -0.39 is 5.54 Å². The minimum atomic E-state index is -0.696. The Balaban J connectivity index is 2.08. The Labute approximate surface area is 146 Å². The number of unbranched alkanes of at least 4 members (excludes halogenated alkanes) is 5. The number of urea groups is 1. The number of nitrogens with one attached hydrogen (secondary N) is 2. The number of carbonyl (C=O) groups excluding carboxylic acids is 2. The van der Waals surface area contributed by atoms with Crippen LogP contribution in [-0.2, 0) is 4.79 Å². The van der Waals surface area contributed by atoms with Gasteiger partial charge in [-0.15, -0.1) is 0 Å². The monoisotopic (exact) mass is 337 g/mol. The van der Waals surface area contributed by atoms with Crippen molar-refractivity contribution in [1.29, 1.82) is 0 Å². The van der Waals surface area contributed by atoms with Crippen LogP contribution in [-0.4, -0.2) is 40.0 Å². The summed E-state index contributed by atoms with van der Waals surface area (Å²) in [5, 5.41) is 6.20. The summed E-state index contributed by atoms with van der Waals surface area (Å²) in [5.41, 5.74) is -1.05. The molecular weight excluding hydrogens is 302 g/mol. The Kier molecular flexibility index (Phi) is 5.63. The van der Waals surface area contributed by atoms with E-state index in [0.29, 0.717) is 19.4 Å². The lowest BCUT2D eigenvalue weighted by Gasteiger charge is -2.52. The molecule has 0 saturated carbocycles. The fourth-order valence-electron chi connectivity index (χ4n) is 4.84. The van der Waals surface area contributed by atoms with Gasteiger partial charge in [-0.25, -0.2) is 4.79 Å². The highest BCUT2D eigenvalue weighted by atomic mass is 16.2. The second-order valence-electron chi connectivity index (χ2n) is 8.96. The van der Waals surface area contributed by atoms with E-state index >= 15 is 0 Å². The molecular formula is C19H35N3O2. The number of rotatable bonds is 7. The Hall–Kier alpha value is -1.10. The van der Waals surface area contributed by atoms with E-state index in [4.69, 9.17) is 0 Å². The third kappa shape index (κ3) is 4.11. The van der Waals surface area contributed by atoms with Crippen molar-refractivity contribution in [2.24, 2.45) is 0 Å². The van der Waals surface area contributed by atoms with Gasteiger partial charge in [0.2, 0.25) is 0 Å². The highest BCUT2D eigenvalue weighted by Gasteiger charge is 2.59. The third-order valence-electron chi connectivity index (χ3n) is 5.29. The van der Waals surface area contributed by atoms with Gasteiger partial charge in [-0.05, 0) is 47.0 Å². The van der Waals surface area contributed by atoms with Crippen LogP contribution in [0.25, 0.3) is 0 Å². The summed E-state index contributed by atoms with van der Waals surface area (Å²) in [5.74, 6) is -0.110. The molecule has 5 heteroatoms. The van der Waals surface area contributed by atoms with Crippen LogP contribution in [0.5, 0.6) is 0 Å². The Morgan fingerprint density at radius 2 is 1.46 bits per heavy atom. The van der Waals surface area contributed by atoms with Gasteiger partial charge in [-0.3, -0.25) is 10.1 Å². The molecule has 2 N–H and O–H groups in total. The van der Waals surface area contributed by atoms with E-state index in [2.05, 4.69) is 45.3 Å². The van der Waals surface area contributed by atoms with Gasteiger partial charge in [0.15, 0.2) is 0 Å². The Morgan fingerprint density at radius 3 is 2.04 bits per heavy atom. The SMILES string of the molecule is CCCCCCCCN1C(=O)NC(=O)C12CC(C)(C)NC(C)(C)C2. The standard InChI is InChI=1S/C19H35N3O2/c1-6-7-8-9-10-11-12-22-16(24)20-15(23)19(22)13-17(2,3)21-18(4,5)14-19/h21H,6-14H2,1-5H3,(H,20,23,24). The van der Waals surface area contributed by atoms with Crippen molar-refractivity contribution in [3.63, 3.8) is 0 Å². The van der Waals surface area contributed by atoms with Crippen LogP contribution in [0.2, 0.25) is 0 Å². The molecule has 2 aliphatic rings. The van der Waals surface area contributed by atoms with E-state index in [9.17, 15) is 9.59 Å². The van der Waals surface area contributed by atoms with Crippen LogP contribution in [0.4, 0.5) is 4.79 Å². The molecule has 2 heterocycles. The van der Waals surface area contributed by atoms with Crippen LogP contribution in [0, 0.1) is 0 Å². The topological polar surface area (TPSA) is 61.4 Å². The lowest BCUT2D eigenvalue weighted by Crippen LogP contribution is -2.69. The van der Waals surface area contributed by atoms with Crippen LogP contribution in [0.3, 0.4) is 0 Å². The quantitative estimate of drug-likeness (QED) is 0.551. The van der Waals surface area contributed by atoms with Gasteiger partial charge in [0.1, 0.15) is 5.54 Å². The number of amides is 3. The van der Waals surface area contributed by atoms with Gasteiger partial charge in [0.25, 0.3) is 5.91 Å². The number of imide groups is 1. The van der Waals surface area contributed by atoms with E-state index in [-0.39, 0.29) is 23.0 Å². The summed E-state index contributed by atoms with van der Waals surface area (Å²) in [4.78, 5) is 27.0. The summed E-state index contributed by atoms with van der Waals surface area (Å²) in [6.07, 6.45) is 8.41. The van der Waals surface area contributed by atoms with Gasteiger partial charge in [0.05, 0.1) is 0 Å². The maximum Gasteiger partial charge on any atom is 0.325 e. The van der Waals surface area contributed by atoms with Gasteiger partial charge in [0, 0.05) is 17.6 Å². The normalized spacial score (nSPS) is 24.5. The van der Waals surface area contributed by atoms with Crippen molar-refractivity contribution >= 4 is 11.9 Å². The van der Waals surface area contributed by atoms with Crippen molar-refractivity contribution in [3.05, 3.63) is 0 Å². The fourth-order valence-corrected chi connectivity index (χ4v) is 4.84. The van der Waals surface area contributed by atoms with Crippen LogP contribution < -0.4 is 10.6 Å². The summed E-state index contributed by atoms with van der Waals surface area (Å²) < 4.78 is 0. The Bertz CT molecular complexity index is 469. The number of hydrogen-bond acceptors (Lipinski definition) is 3. The number of piperidine rings is 1. The first-order valence-electron chi connectivity index (χ1n) is 9.54. The van der Waals surface area contributed by atoms with Crippen molar-refractivity contribution < 1.29 is 9.59 Å². The average molecular weight is 338 g/mol. The smallest absolute Gasteiger partial charge is 0.310 e. The zero-order valence-electron chi connectivity index (χ0n) is 16.1. The largest absolute Gasteiger partial charge is 0.325 e. The predicted octanol–water partition coefficient (Wildman–Crippen LogP) is 3.58. The second kappa shape index (κ2) is 7.03. The van der Waals surface area contributed by atoms with Crippen molar-refractivity contribution in [2.45, 2.75) is 103 Å². The van der Waals surface area contributed by atoms with Crippen molar-refractivity contribution in [2.75, 3.05) is 6.54 Å². The maximum atomic E-state index is 12.7. The minimum Gasteiger partial charge on any atom is -0.310 e. The highest BCUT2D eigenvalue weighted by molar-refractivity contribution is 6.07. The van der Waals surface area contributed by atoms with Gasteiger partial charge in [-0.2, -0.15) is 0 Å². The molecule has 5 nitrogen and oxygen atoms in total. The van der Waals surface area contributed by atoms with Crippen molar-refractivity contribution in [1.82, 2.24) is 15.5 Å². The van der Waals surface area contributed by atoms with E-state index in [1.807, 2.05) is 4.90 Å². The van der Waals surface area contributed by atoms with Gasteiger partial charge >= 0.3 is 6.03 Å². The maximum absolute atomic E-state index is 12.7. The lowest BCUT2D eigenvalue weighted by molar-refractivity contribution is -0.131. The summed E-state index contributed by atoms with van der Waals surface area (Å²) in [6.45, 7) is 11.4. The molecule has 2 rings (SSSR count). The van der Waals surface area contributed by atoms with Crippen molar-refractivity contribution in [3.8, 4) is 0 Å². The summed E-state index contributed by atoms with van der Waals surface area (Å²) >= 11 is 0. The predicted molar refractivity (Wildman–Crippen MR) is 96.9 cm³/mol. The first-order valence-corrected chi connectivity index (χ1v) is 9.54. The number of hydrogen-bond donors (Lipinski definition) is 2. The molecule has 2 aliphatic heterocycles. The molecule has 0 bridgehead atoms. The fraction of sp³-hybridized carbons (Fsp3) is 0.895. The molecule has 2 fully saturated rings. The zero-order valence-corrected chi connectivity index (χ0v) is 16.1. The first-order chi connectivity index (χ1) is 11.1. The molecule has 3 amide bonds. The average Bonchev–Trinajstić information content (AvgIpc) is 2.62. The van der Waals surface area contributed by atoms with E-state index in [1.54, 1.807) is 0 Å². The molecule has 138 valence electrons. The molecule has 0 aromatic heterocycles.